The number of fused-ring (bicyclic) bond motifs is 1. The van der Waals surface area contributed by atoms with Gasteiger partial charge in [0.1, 0.15) is 11.5 Å². The smallest absolute Gasteiger partial charge is 0.171 e. The minimum atomic E-state index is -0.322. The SMILES string of the molecule is CC(N)C(Oc1ccc2ccccc2c1Br)c1ccco1. The van der Waals surface area contributed by atoms with Crippen LogP contribution in [0.25, 0.3) is 10.8 Å². The molecule has 21 heavy (non-hydrogen) atoms. The minimum Gasteiger partial charge on any atom is -0.480 e. The van der Waals surface area contributed by atoms with E-state index in [1.165, 1.54) is 0 Å². The number of hydrogen-bond acceptors (Lipinski definition) is 3. The van der Waals surface area contributed by atoms with Gasteiger partial charge in [-0.25, -0.2) is 0 Å². The van der Waals surface area contributed by atoms with E-state index in [1.807, 2.05) is 43.3 Å². The summed E-state index contributed by atoms with van der Waals surface area (Å²) in [6.45, 7) is 1.90. The Kier molecular flexibility index (Phi) is 3.99. The zero-order chi connectivity index (χ0) is 14.8. The molecule has 2 unspecified atom stereocenters. The monoisotopic (exact) mass is 345 g/mol. The van der Waals surface area contributed by atoms with Gasteiger partial charge in [-0.15, -0.1) is 0 Å². The Hall–Kier alpha value is -1.78. The second-order valence-electron chi connectivity index (χ2n) is 5.01. The molecule has 3 rings (SSSR count). The Balaban J connectivity index is 1.98. The molecule has 2 aromatic carbocycles. The van der Waals surface area contributed by atoms with Gasteiger partial charge in [0.05, 0.1) is 10.7 Å². The number of rotatable bonds is 4. The van der Waals surface area contributed by atoms with Gasteiger partial charge in [0.2, 0.25) is 0 Å². The van der Waals surface area contributed by atoms with Crippen LogP contribution >= 0.6 is 15.9 Å². The second-order valence-corrected chi connectivity index (χ2v) is 5.80. The van der Waals surface area contributed by atoms with Crippen molar-refractivity contribution >= 4 is 26.7 Å². The minimum absolute atomic E-state index is 0.186. The van der Waals surface area contributed by atoms with Gasteiger partial charge in [-0.1, -0.05) is 30.3 Å². The number of ether oxygens (including phenoxy) is 1. The maximum absolute atomic E-state index is 6.09. The third kappa shape index (κ3) is 2.82. The van der Waals surface area contributed by atoms with Crippen molar-refractivity contribution in [3.8, 4) is 5.75 Å². The van der Waals surface area contributed by atoms with E-state index in [0.717, 1.165) is 26.8 Å². The highest BCUT2D eigenvalue weighted by molar-refractivity contribution is 9.10. The fourth-order valence-electron chi connectivity index (χ4n) is 2.32. The third-order valence-corrected chi connectivity index (χ3v) is 4.20. The first-order valence-corrected chi connectivity index (χ1v) is 7.59. The summed E-state index contributed by atoms with van der Waals surface area (Å²) in [5.74, 6) is 1.48. The molecule has 0 saturated carbocycles. The molecule has 3 aromatic rings. The Morgan fingerprint density at radius 2 is 1.90 bits per heavy atom. The molecule has 108 valence electrons. The van der Waals surface area contributed by atoms with E-state index in [0.29, 0.717) is 0 Å². The first kappa shape index (κ1) is 14.2. The van der Waals surface area contributed by atoms with Crippen molar-refractivity contribution in [3.63, 3.8) is 0 Å². The van der Waals surface area contributed by atoms with Crippen molar-refractivity contribution < 1.29 is 9.15 Å². The maximum Gasteiger partial charge on any atom is 0.171 e. The van der Waals surface area contributed by atoms with E-state index in [-0.39, 0.29) is 12.1 Å². The summed E-state index contributed by atoms with van der Waals surface area (Å²) >= 11 is 3.63. The van der Waals surface area contributed by atoms with Crippen LogP contribution in [0, 0.1) is 0 Å². The van der Waals surface area contributed by atoms with Crippen LogP contribution in [0.4, 0.5) is 0 Å². The standard InChI is InChI=1S/C17H16BrNO2/c1-11(19)17(15-7-4-10-20-15)21-14-9-8-12-5-2-3-6-13(12)16(14)18/h2-11,17H,19H2,1H3. The molecule has 0 fully saturated rings. The molecule has 0 aliphatic carbocycles. The predicted octanol–water partition coefficient (Wildman–Crippen LogP) is 4.66. The molecule has 0 spiro atoms. The maximum atomic E-state index is 6.09. The normalized spacial score (nSPS) is 14.0. The summed E-state index contributed by atoms with van der Waals surface area (Å²) in [6.07, 6.45) is 1.31. The van der Waals surface area contributed by atoms with E-state index in [4.69, 9.17) is 14.9 Å². The van der Waals surface area contributed by atoms with Crippen molar-refractivity contribution in [2.45, 2.75) is 19.1 Å². The highest BCUT2D eigenvalue weighted by atomic mass is 79.9. The Labute approximate surface area is 131 Å². The van der Waals surface area contributed by atoms with Crippen LogP contribution in [-0.4, -0.2) is 6.04 Å². The van der Waals surface area contributed by atoms with Crippen molar-refractivity contribution in [2.24, 2.45) is 5.73 Å². The average Bonchev–Trinajstić information content (AvgIpc) is 3.00. The highest BCUT2D eigenvalue weighted by Gasteiger charge is 2.22. The third-order valence-electron chi connectivity index (χ3n) is 3.38. The van der Waals surface area contributed by atoms with Crippen LogP contribution in [0.3, 0.4) is 0 Å². The molecule has 0 aliphatic rings. The number of benzene rings is 2. The largest absolute Gasteiger partial charge is 0.480 e. The van der Waals surface area contributed by atoms with Gasteiger partial charge in [-0.3, -0.25) is 0 Å². The lowest BCUT2D eigenvalue weighted by Crippen LogP contribution is -2.28. The van der Waals surface area contributed by atoms with Crippen LogP contribution in [-0.2, 0) is 0 Å². The van der Waals surface area contributed by atoms with Gasteiger partial charge in [-0.05, 0) is 51.8 Å². The van der Waals surface area contributed by atoms with Gasteiger partial charge in [-0.2, -0.15) is 0 Å². The molecular formula is C17H16BrNO2. The molecule has 4 heteroatoms. The topological polar surface area (TPSA) is 48.4 Å². The van der Waals surface area contributed by atoms with Crippen LogP contribution in [0.5, 0.6) is 5.75 Å². The summed E-state index contributed by atoms with van der Waals surface area (Å²) in [6, 6.07) is 15.7. The van der Waals surface area contributed by atoms with E-state index < -0.39 is 0 Å². The van der Waals surface area contributed by atoms with Crippen LogP contribution in [0.1, 0.15) is 18.8 Å². The molecule has 0 radical (unpaired) electrons. The summed E-state index contributed by atoms with van der Waals surface area (Å²) < 4.78 is 12.5. The van der Waals surface area contributed by atoms with Crippen LogP contribution in [0.2, 0.25) is 0 Å². The lowest BCUT2D eigenvalue weighted by atomic mass is 10.1. The van der Waals surface area contributed by atoms with Crippen molar-refractivity contribution in [1.82, 2.24) is 0 Å². The summed E-state index contributed by atoms with van der Waals surface area (Å²) in [7, 11) is 0. The molecule has 0 saturated heterocycles. The molecule has 0 amide bonds. The van der Waals surface area contributed by atoms with Gasteiger partial charge in [0.25, 0.3) is 0 Å². The number of hydrogen-bond donors (Lipinski definition) is 1. The lowest BCUT2D eigenvalue weighted by Gasteiger charge is -2.21. The van der Waals surface area contributed by atoms with Gasteiger partial charge >= 0.3 is 0 Å². The van der Waals surface area contributed by atoms with Crippen molar-refractivity contribution in [3.05, 3.63) is 65.0 Å². The molecule has 2 atom stereocenters. The first-order valence-electron chi connectivity index (χ1n) is 6.79. The number of halogens is 1. The Bertz CT molecular complexity index is 738. The molecule has 3 nitrogen and oxygen atoms in total. The Morgan fingerprint density at radius 3 is 2.62 bits per heavy atom. The summed E-state index contributed by atoms with van der Waals surface area (Å²) in [5.41, 5.74) is 6.04. The van der Waals surface area contributed by atoms with E-state index >= 15 is 0 Å². The molecular weight excluding hydrogens is 330 g/mol. The molecule has 1 heterocycles. The average molecular weight is 346 g/mol. The fourth-order valence-corrected chi connectivity index (χ4v) is 2.91. The van der Waals surface area contributed by atoms with Gasteiger partial charge < -0.3 is 14.9 Å². The first-order chi connectivity index (χ1) is 10.2. The summed E-state index contributed by atoms with van der Waals surface area (Å²) in [5, 5.41) is 2.27. The molecule has 2 N–H and O–H groups in total. The van der Waals surface area contributed by atoms with E-state index in [1.54, 1.807) is 6.26 Å². The van der Waals surface area contributed by atoms with Crippen molar-refractivity contribution in [1.29, 1.82) is 0 Å². The summed E-state index contributed by atoms with van der Waals surface area (Å²) in [4.78, 5) is 0. The van der Waals surface area contributed by atoms with E-state index in [9.17, 15) is 0 Å². The highest BCUT2D eigenvalue weighted by Crippen LogP contribution is 2.36. The zero-order valence-corrected chi connectivity index (χ0v) is 13.2. The van der Waals surface area contributed by atoms with Crippen LogP contribution < -0.4 is 10.5 Å². The number of furan rings is 1. The Morgan fingerprint density at radius 1 is 1.10 bits per heavy atom. The number of nitrogens with two attached hydrogens (primary N) is 1. The zero-order valence-electron chi connectivity index (χ0n) is 11.6. The van der Waals surface area contributed by atoms with Gasteiger partial charge in [0.15, 0.2) is 6.10 Å². The quantitative estimate of drug-likeness (QED) is 0.747. The second kappa shape index (κ2) is 5.92. The predicted molar refractivity (Wildman–Crippen MR) is 87.4 cm³/mol. The van der Waals surface area contributed by atoms with E-state index in [2.05, 4.69) is 28.1 Å². The fraction of sp³-hybridized carbons (Fsp3) is 0.176. The van der Waals surface area contributed by atoms with Crippen LogP contribution in [0.15, 0.2) is 63.7 Å². The van der Waals surface area contributed by atoms with Gasteiger partial charge in [0, 0.05) is 6.04 Å². The lowest BCUT2D eigenvalue weighted by molar-refractivity contribution is 0.152. The van der Waals surface area contributed by atoms with Crippen molar-refractivity contribution in [2.75, 3.05) is 0 Å². The molecule has 0 aliphatic heterocycles. The molecule has 0 bridgehead atoms. The molecule has 1 aromatic heterocycles.